The number of aromatic nitrogens is 2. The van der Waals surface area contributed by atoms with Gasteiger partial charge in [-0.1, -0.05) is 56.3 Å². The number of aryl methyl sites for hydroxylation is 1. The van der Waals surface area contributed by atoms with Crippen LogP contribution in [0.5, 0.6) is 0 Å². The van der Waals surface area contributed by atoms with Crippen molar-refractivity contribution in [1.82, 2.24) is 9.97 Å². The molecule has 0 spiro atoms. The van der Waals surface area contributed by atoms with Crippen LogP contribution >= 0.6 is 0 Å². The van der Waals surface area contributed by atoms with Crippen LogP contribution in [0, 0.1) is 12.8 Å². The molecule has 0 saturated carbocycles. The maximum Gasteiger partial charge on any atom is 0.335 e. The molecule has 2 N–H and O–H groups in total. The Labute approximate surface area is 194 Å². The predicted molar refractivity (Wildman–Crippen MR) is 134 cm³/mol. The van der Waals surface area contributed by atoms with Gasteiger partial charge >= 0.3 is 5.97 Å². The van der Waals surface area contributed by atoms with Crippen molar-refractivity contribution in [2.75, 3.05) is 11.9 Å². The summed E-state index contributed by atoms with van der Waals surface area (Å²) < 4.78 is 0. The van der Waals surface area contributed by atoms with E-state index in [4.69, 9.17) is 0 Å². The van der Waals surface area contributed by atoms with Crippen molar-refractivity contribution < 1.29 is 9.90 Å². The van der Waals surface area contributed by atoms with Crippen molar-refractivity contribution in [2.24, 2.45) is 5.92 Å². The highest BCUT2D eigenvalue weighted by molar-refractivity contribution is 5.90. The average molecular weight is 440 g/mol. The van der Waals surface area contributed by atoms with Crippen LogP contribution in [0.4, 0.5) is 5.82 Å². The van der Waals surface area contributed by atoms with Gasteiger partial charge in [0.15, 0.2) is 0 Å². The molecular weight excluding hydrogens is 410 g/mol. The number of rotatable bonds is 8. The summed E-state index contributed by atoms with van der Waals surface area (Å²) in [6.07, 6.45) is 3.14. The summed E-state index contributed by atoms with van der Waals surface area (Å²) in [5.74, 6) is 0.219. The van der Waals surface area contributed by atoms with Gasteiger partial charge in [-0.05, 0) is 65.3 Å². The average Bonchev–Trinajstić information content (AvgIpc) is 2.80. The Hall–Kier alpha value is -3.73. The number of anilines is 1. The molecule has 4 aromatic rings. The minimum absolute atomic E-state index is 0.352. The normalized spacial score (nSPS) is 11.2. The van der Waals surface area contributed by atoms with Gasteiger partial charge in [0.05, 0.1) is 11.3 Å². The Bertz CT molecular complexity index is 1300. The zero-order valence-corrected chi connectivity index (χ0v) is 19.3. The number of carbonyl (C=O) groups is 1. The molecule has 0 saturated heterocycles. The third-order valence-corrected chi connectivity index (χ3v) is 5.94. The minimum atomic E-state index is -0.897. The SMILES string of the molecule is Cc1c(CCNc2cc(-c3ccc(C(=O)O)c(CC(C)C)c3)ncn2)ccc2ccccc12. The summed E-state index contributed by atoms with van der Waals surface area (Å²) in [4.78, 5) is 20.4. The first-order valence-corrected chi connectivity index (χ1v) is 11.3. The summed E-state index contributed by atoms with van der Waals surface area (Å²) in [6.45, 7) is 7.10. The predicted octanol–water partition coefficient (Wildman–Crippen LogP) is 6.16. The van der Waals surface area contributed by atoms with Gasteiger partial charge in [0.25, 0.3) is 0 Å². The first-order chi connectivity index (χ1) is 15.9. The Morgan fingerprint density at radius 3 is 2.61 bits per heavy atom. The van der Waals surface area contributed by atoms with E-state index in [1.54, 1.807) is 12.4 Å². The number of nitrogens with one attached hydrogen (secondary N) is 1. The Balaban J connectivity index is 1.49. The Kier molecular flexibility index (Phi) is 6.68. The summed E-state index contributed by atoms with van der Waals surface area (Å²) >= 11 is 0. The molecule has 0 aliphatic heterocycles. The smallest absolute Gasteiger partial charge is 0.335 e. The van der Waals surface area contributed by atoms with Gasteiger partial charge in [-0.2, -0.15) is 0 Å². The number of carboxylic acids is 1. The lowest BCUT2D eigenvalue weighted by Crippen LogP contribution is -2.08. The number of hydrogen-bond donors (Lipinski definition) is 2. The molecule has 0 fully saturated rings. The van der Waals surface area contributed by atoms with Gasteiger partial charge in [0, 0.05) is 18.2 Å². The first-order valence-electron chi connectivity index (χ1n) is 11.3. The molecule has 168 valence electrons. The van der Waals surface area contributed by atoms with Crippen molar-refractivity contribution in [1.29, 1.82) is 0 Å². The third-order valence-electron chi connectivity index (χ3n) is 5.94. The lowest BCUT2D eigenvalue weighted by molar-refractivity contribution is 0.0695. The quantitative estimate of drug-likeness (QED) is 0.344. The molecule has 0 unspecified atom stereocenters. The molecule has 1 heterocycles. The number of fused-ring (bicyclic) bond motifs is 1. The van der Waals surface area contributed by atoms with Crippen LogP contribution in [-0.4, -0.2) is 27.6 Å². The van der Waals surface area contributed by atoms with Gasteiger partial charge in [-0.15, -0.1) is 0 Å². The summed E-state index contributed by atoms with van der Waals surface area (Å²) in [5.41, 5.74) is 5.48. The Morgan fingerprint density at radius 1 is 1.00 bits per heavy atom. The third kappa shape index (κ3) is 5.20. The van der Waals surface area contributed by atoms with Crippen molar-refractivity contribution in [3.63, 3.8) is 0 Å². The van der Waals surface area contributed by atoms with E-state index in [0.29, 0.717) is 17.9 Å². The molecule has 0 aliphatic rings. The number of aromatic carboxylic acids is 1. The van der Waals surface area contributed by atoms with E-state index in [1.165, 1.54) is 21.9 Å². The number of hydrogen-bond acceptors (Lipinski definition) is 4. The van der Waals surface area contributed by atoms with E-state index >= 15 is 0 Å². The standard InChI is InChI=1S/C28H29N3O2/c1-18(2)14-23-15-22(10-11-25(23)28(32)33)26-16-27(31-17-30-26)29-13-12-20-8-9-21-6-4-5-7-24(21)19(20)3/h4-11,15-18H,12-14H2,1-3H3,(H,32,33)(H,29,30,31). The molecule has 1 aromatic heterocycles. The largest absolute Gasteiger partial charge is 0.478 e. The fourth-order valence-electron chi connectivity index (χ4n) is 4.25. The van der Waals surface area contributed by atoms with E-state index in [0.717, 1.165) is 35.6 Å². The van der Waals surface area contributed by atoms with E-state index in [2.05, 4.69) is 72.5 Å². The number of carboxylic acid groups (broad SMARTS) is 1. The fourth-order valence-corrected chi connectivity index (χ4v) is 4.25. The summed E-state index contributed by atoms with van der Waals surface area (Å²) in [7, 11) is 0. The molecule has 4 rings (SSSR count). The van der Waals surface area contributed by atoms with Crippen LogP contribution in [0.15, 0.2) is 67.0 Å². The van der Waals surface area contributed by atoms with E-state index < -0.39 is 5.97 Å². The molecule has 5 nitrogen and oxygen atoms in total. The highest BCUT2D eigenvalue weighted by atomic mass is 16.4. The van der Waals surface area contributed by atoms with E-state index in [1.807, 2.05) is 18.2 Å². The van der Waals surface area contributed by atoms with Crippen LogP contribution < -0.4 is 5.32 Å². The van der Waals surface area contributed by atoms with Crippen LogP contribution in [0.3, 0.4) is 0 Å². The zero-order chi connectivity index (χ0) is 23.4. The summed E-state index contributed by atoms with van der Waals surface area (Å²) in [5, 5.41) is 15.5. The minimum Gasteiger partial charge on any atom is -0.478 e. The molecule has 33 heavy (non-hydrogen) atoms. The second-order valence-electron chi connectivity index (χ2n) is 8.81. The van der Waals surface area contributed by atoms with Crippen molar-refractivity contribution in [3.8, 4) is 11.3 Å². The molecule has 0 radical (unpaired) electrons. The molecular formula is C28H29N3O2. The Morgan fingerprint density at radius 2 is 1.82 bits per heavy atom. The lowest BCUT2D eigenvalue weighted by Gasteiger charge is -2.12. The van der Waals surface area contributed by atoms with Crippen LogP contribution in [0.1, 0.15) is 40.9 Å². The molecule has 0 atom stereocenters. The molecule has 3 aromatic carbocycles. The van der Waals surface area contributed by atoms with Crippen LogP contribution in [-0.2, 0) is 12.8 Å². The summed E-state index contributed by atoms with van der Waals surface area (Å²) in [6, 6.07) is 20.2. The maximum absolute atomic E-state index is 11.6. The second kappa shape index (κ2) is 9.82. The van der Waals surface area contributed by atoms with Crippen molar-refractivity contribution >= 4 is 22.6 Å². The number of benzene rings is 3. The monoisotopic (exact) mass is 439 g/mol. The second-order valence-corrected chi connectivity index (χ2v) is 8.81. The van der Waals surface area contributed by atoms with E-state index in [9.17, 15) is 9.90 Å². The van der Waals surface area contributed by atoms with Crippen LogP contribution in [0.2, 0.25) is 0 Å². The van der Waals surface area contributed by atoms with Gasteiger partial charge < -0.3 is 10.4 Å². The van der Waals surface area contributed by atoms with Gasteiger partial charge in [-0.3, -0.25) is 0 Å². The molecule has 5 heteroatoms. The molecule has 0 bridgehead atoms. The van der Waals surface area contributed by atoms with Crippen molar-refractivity contribution in [3.05, 3.63) is 89.2 Å². The highest BCUT2D eigenvalue weighted by Gasteiger charge is 2.13. The molecule has 0 amide bonds. The zero-order valence-electron chi connectivity index (χ0n) is 19.3. The maximum atomic E-state index is 11.6. The first kappa shape index (κ1) is 22.5. The van der Waals surface area contributed by atoms with Gasteiger partial charge in [0.2, 0.25) is 0 Å². The number of nitrogens with zero attached hydrogens (tertiary/aromatic N) is 2. The van der Waals surface area contributed by atoms with E-state index in [-0.39, 0.29) is 0 Å². The van der Waals surface area contributed by atoms with Gasteiger partial charge in [0.1, 0.15) is 12.1 Å². The fraction of sp³-hybridized carbons (Fsp3) is 0.250. The van der Waals surface area contributed by atoms with Crippen molar-refractivity contribution in [2.45, 2.75) is 33.6 Å². The highest BCUT2D eigenvalue weighted by Crippen LogP contribution is 2.25. The lowest BCUT2D eigenvalue weighted by atomic mass is 9.95. The molecule has 0 aliphatic carbocycles. The van der Waals surface area contributed by atoms with Gasteiger partial charge in [-0.25, -0.2) is 14.8 Å². The topological polar surface area (TPSA) is 75.1 Å². The van der Waals surface area contributed by atoms with Crippen LogP contribution in [0.25, 0.3) is 22.0 Å².